The molecule has 6 N–H and O–H groups in total. The van der Waals surface area contributed by atoms with Crippen LogP contribution in [0, 0.1) is 37.9 Å². The van der Waals surface area contributed by atoms with Gasteiger partial charge in [-0.1, -0.05) is 85.6 Å². The molecule has 12 rings (SSSR count). The van der Waals surface area contributed by atoms with Crippen LogP contribution in [-0.2, 0) is 17.9 Å². The van der Waals surface area contributed by atoms with Gasteiger partial charge < -0.3 is 46.5 Å². The number of nitrogens with zero attached hydrogens (tertiary/aromatic N) is 8. The maximum atomic E-state index is 12.2. The molecule has 0 aromatic heterocycles. The van der Waals surface area contributed by atoms with Gasteiger partial charge in [-0.05, 0) is 213 Å². The Morgan fingerprint density at radius 2 is 0.580 bits per heavy atom. The average Bonchev–Trinajstić information content (AvgIpc) is 3.74. The lowest BCUT2D eigenvalue weighted by Gasteiger charge is -2.29. The predicted molar refractivity (Wildman–Crippen MR) is 364 cm³/mol. The number of benzene rings is 6. The van der Waals surface area contributed by atoms with Gasteiger partial charge in [0.05, 0.1) is 26.3 Å². The minimum atomic E-state index is -0.358. The first-order chi connectivity index (χ1) is 43.2. The lowest BCUT2D eigenvalue weighted by atomic mass is 10.1. The van der Waals surface area contributed by atoms with Crippen LogP contribution in [0.25, 0.3) is 19.4 Å². The third-order valence-corrected chi connectivity index (χ3v) is 15.4. The maximum absolute atomic E-state index is 12.2. The molecule has 6 heterocycles. The molecule has 6 saturated heterocycles. The summed E-state index contributed by atoms with van der Waals surface area (Å²) < 4.78 is 24.4. The number of carbonyl (C=O) groups excluding carboxylic acids is 1. The molecular formula is C73H96F2N12O. The highest BCUT2D eigenvalue weighted by molar-refractivity contribution is 5.60. The van der Waals surface area contributed by atoms with Crippen molar-refractivity contribution in [1.29, 1.82) is 0 Å². The number of nitrogens with two attached hydrogens (primary N) is 2. The van der Waals surface area contributed by atoms with E-state index in [0.717, 1.165) is 37.6 Å². The van der Waals surface area contributed by atoms with Crippen molar-refractivity contribution in [2.45, 2.75) is 129 Å². The van der Waals surface area contributed by atoms with Crippen LogP contribution in [0.2, 0.25) is 0 Å². The van der Waals surface area contributed by atoms with Crippen LogP contribution >= 0.6 is 0 Å². The van der Waals surface area contributed by atoms with E-state index in [-0.39, 0.29) is 11.6 Å². The summed E-state index contributed by atoms with van der Waals surface area (Å²) in [4.78, 5) is 30.6. The summed E-state index contributed by atoms with van der Waals surface area (Å²) in [5.74, 6) is -0.716. The van der Waals surface area contributed by atoms with Gasteiger partial charge in [-0.25, -0.2) is 28.2 Å². The number of carbonyl (C=O) groups is 1. The Labute approximate surface area is 526 Å². The molecule has 0 spiro atoms. The SMILES string of the molecule is C1CCNCC1.C1CCNCC1.C=O.NCc1cccc(N2CCCCC2)c1.NCc1cccc(N2CCCCC2)c1.[C-]#[N+]c1cccc(F)c1.[C-]#[N+]c1cccc(F)c1.[C-]#[N+]c1cccc(N2CCCCC2)c1.[C-]#[N+]c1cccc(N2CCCCC2)c1. The first-order valence-corrected chi connectivity index (χ1v) is 31.7. The van der Waals surface area contributed by atoms with Crippen molar-refractivity contribution in [1.82, 2.24) is 10.6 Å². The van der Waals surface area contributed by atoms with E-state index in [0.29, 0.717) is 24.5 Å². The number of rotatable bonds is 6. The summed E-state index contributed by atoms with van der Waals surface area (Å²) in [5, 5.41) is 6.57. The van der Waals surface area contributed by atoms with Gasteiger partial charge in [0.15, 0.2) is 22.7 Å². The van der Waals surface area contributed by atoms with E-state index in [1.807, 2.05) is 43.2 Å². The molecule has 15 heteroatoms. The summed E-state index contributed by atoms with van der Waals surface area (Å²) >= 11 is 0. The third kappa shape index (κ3) is 30.0. The summed E-state index contributed by atoms with van der Waals surface area (Å²) in [6.07, 6.45) is 24.3. The minimum absolute atomic E-state index is 0.343. The molecule has 0 aliphatic carbocycles. The highest BCUT2D eigenvalue weighted by Gasteiger charge is 2.14. The molecule has 6 aromatic rings. The lowest BCUT2D eigenvalue weighted by molar-refractivity contribution is -0.0980. The molecule has 0 atom stereocenters. The van der Waals surface area contributed by atoms with Crippen LogP contribution in [0.1, 0.15) is 127 Å². The maximum Gasteiger partial charge on any atom is 0.190 e. The number of hydrogen-bond donors (Lipinski definition) is 4. The van der Waals surface area contributed by atoms with Crippen LogP contribution in [0.5, 0.6) is 0 Å². The molecular weight excluding hydrogens is 1100 g/mol. The van der Waals surface area contributed by atoms with E-state index in [9.17, 15) is 8.78 Å². The van der Waals surface area contributed by atoms with Crippen LogP contribution in [-0.4, -0.2) is 85.3 Å². The molecule has 6 aliphatic heterocycles. The zero-order valence-electron chi connectivity index (χ0n) is 52.1. The molecule has 0 amide bonds. The van der Waals surface area contributed by atoms with Crippen molar-refractivity contribution in [2.75, 3.05) is 98.1 Å². The summed E-state index contributed by atoms with van der Waals surface area (Å²) in [5.41, 5.74) is 21.0. The quantitative estimate of drug-likeness (QED) is 0.121. The van der Waals surface area contributed by atoms with E-state index < -0.39 is 0 Å². The van der Waals surface area contributed by atoms with Gasteiger partial charge in [-0.2, -0.15) is 0 Å². The number of nitrogens with one attached hydrogen (secondary N) is 2. The second-order valence-electron chi connectivity index (χ2n) is 22.0. The Morgan fingerprint density at radius 1 is 0.341 bits per heavy atom. The second-order valence-corrected chi connectivity index (χ2v) is 22.0. The smallest absolute Gasteiger partial charge is 0.190 e. The van der Waals surface area contributed by atoms with Gasteiger partial charge in [-0.3, -0.25) is 0 Å². The van der Waals surface area contributed by atoms with Gasteiger partial charge in [0.2, 0.25) is 0 Å². The molecule has 0 unspecified atom stereocenters. The van der Waals surface area contributed by atoms with Crippen molar-refractivity contribution >= 4 is 52.3 Å². The van der Waals surface area contributed by atoms with Gasteiger partial charge in [0.25, 0.3) is 0 Å². The molecule has 0 bridgehead atoms. The molecule has 6 aliphatic rings. The average molecular weight is 1200 g/mol. The van der Waals surface area contributed by atoms with Gasteiger partial charge in [-0.15, -0.1) is 0 Å². The van der Waals surface area contributed by atoms with Crippen molar-refractivity contribution < 1.29 is 13.6 Å². The zero-order valence-corrected chi connectivity index (χ0v) is 52.1. The van der Waals surface area contributed by atoms with Crippen LogP contribution in [0.3, 0.4) is 0 Å². The highest BCUT2D eigenvalue weighted by Crippen LogP contribution is 2.27. The first kappa shape index (κ1) is 72.3. The van der Waals surface area contributed by atoms with E-state index in [1.54, 1.807) is 12.1 Å². The minimum Gasteiger partial charge on any atom is -0.373 e. The number of halogens is 2. The molecule has 468 valence electrons. The highest BCUT2D eigenvalue weighted by atomic mass is 19.1. The van der Waals surface area contributed by atoms with Gasteiger partial charge in [0.1, 0.15) is 18.4 Å². The summed E-state index contributed by atoms with van der Waals surface area (Å²) in [6, 6.07) is 44.2. The number of hydrogen-bond acceptors (Lipinski definition) is 9. The Bertz CT molecular complexity index is 2770. The summed E-state index contributed by atoms with van der Waals surface area (Å²) in [7, 11) is 0. The van der Waals surface area contributed by atoms with E-state index >= 15 is 0 Å². The fourth-order valence-electron chi connectivity index (χ4n) is 10.6. The topological polar surface area (TPSA) is 124 Å². The van der Waals surface area contributed by atoms with E-state index in [1.165, 1.54) is 238 Å². The Kier molecular flexibility index (Phi) is 37.9. The second kappa shape index (κ2) is 46.1. The van der Waals surface area contributed by atoms with Crippen molar-refractivity contribution in [3.8, 4) is 0 Å². The zero-order chi connectivity index (χ0) is 63.1. The van der Waals surface area contributed by atoms with Crippen molar-refractivity contribution in [3.63, 3.8) is 0 Å². The summed E-state index contributed by atoms with van der Waals surface area (Å²) in [6.45, 7) is 44.6. The Balaban J connectivity index is 0.000000218. The van der Waals surface area contributed by atoms with E-state index in [2.05, 4.69) is 110 Å². The number of anilines is 4. The monoisotopic (exact) mass is 1190 g/mol. The first-order valence-electron chi connectivity index (χ1n) is 31.7. The number of piperidine rings is 6. The largest absolute Gasteiger partial charge is 0.373 e. The predicted octanol–water partition coefficient (Wildman–Crippen LogP) is 16.8. The van der Waals surface area contributed by atoms with E-state index in [4.69, 9.17) is 42.6 Å². The molecule has 0 saturated carbocycles. The normalized spacial score (nSPS) is 15.7. The van der Waals surface area contributed by atoms with Crippen LogP contribution in [0.15, 0.2) is 146 Å². The molecule has 6 aromatic carbocycles. The Hall–Kier alpha value is -8.15. The Morgan fingerprint density at radius 3 is 0.795 bits per heavy atom. The fraction of sp³-hybridized carbons (Fsp3) is 0.438. The van der Waals surface area contributed by atoms with Gasteiger partial charge in [0, 0.05) is 88.2 Å². The molecule has 88 heavy (non-hydrogen) atoms. The van der Waals surface area contributed by atoms with Crippen molar-refractivity contribution in [3.05, 3.63) is 214 Å². The standard InChI is InChI=1S/2C12H14N2.2C12H18N2.2C7H4FN.2C5H11N.CH2O/c2*1-13-11-6-5-7-12(10-11)14-8-3-2-4-9-14;2*13-10-11-5-4-6-12(9-11)14-7-2-1-3-8-14;2*1-9-7-4-2-3-6(8)5-7;2*1-2-4-6-5-3-1;1-2/h2*5-7,10H,2-4,8-9H2;2*4-6,9H,1-3,7-8,10,13H2;2*2-5H;2*6H,1-5H2;1H2. The van der Waals surface area contributed by atoms with Gasteiger partial charge >= 0.3 is 0 Å². The lowest BCUT2D eigenvalue weighted by Crippen LogP contribution is -2.29. The van der Waals surface area contributed by atoms with Crippen molar-refractivity contribution in [2.24, 2.45) is 11.5 Å². The van der Waals surface area contributed by atoms with Crippen LogP contribution < -0.4 is 41.7 Å². The fourth-order valence-corrected chi connectivity index (χ4v) is 10.6. The molecule has 13 nitrogen and oxygen atoms in total. The molecule has 6 fully saturated rings. The molecule has 0 radical (unpaired) electrons. The third-order valence-electron chi connectivity index (χ3n) is 15.4. The van der Waals surface area contributed by atoms with Crippen LogP contribution in [0.4, 0.5) is 54.3 Å².